The molecule has 4 aromatic carbocycles. The van der Waals surface area contributed by atoms with Gasteiger partial charge in [0.05, 0.1) is 23.3 Å². The van der Waals surface area contributed by atoms with Gasteiger partial charge in [0.25, 0.3) is 15.9 Å². The predicted molar refractivity (Wildman–Crippen MR) is 157 cm³/mol. The van der Waals surface area contributed by atoms with E-state index in [4.69, 9.17) is 21.1 Å². The Bertz CT molecular complexity index is 1620. The number of carbonyl (C=O) groups excluding carboxylic acids is 2. The summed E-state index contributed by atoms with van der Waals surface area (Å²) >= 11 is 5.81. The number of halogens is 1. The first-order chi connectivity index (χ1) is 19.7. The largest absolute Gasteiger partial charge is 0.494 e. The Morgan fingerprint density at radius 3 is 2.07 bits per heavy atom. The van der Waals surface area contributed by atoms with Crippen molar-refractivity contribution in [3.05, 3.63) is 119 Å². The zero-order valence-corrected chi connectivity index (χ0v) is 23.5. The number of anilines is 1. The summed E-state index contributed by atoms with van der Waals surface area (Å²) in [5.41, 5.74) is 4.05. The van der Waals surface area contributed by atoms with Crippen molar-refractivity contribution < 1.29 is 27.5 Å². The molecule has 4 aromatic rings. The normalized spacial score (nSPS) is 11.2. The molecule has 0 fully saturated rings. The van der Waals surface area contributed by atoms with Crippen LogP contribution in [0.3, 0.4) is 0 Å². The van der Waals surface area contributed by atoms with Crippen molar-refractivity contribution in [2.45, 2.75) is 18.2 Å². The van der Waals surface area contributed by atoms with Gasteiger partial charge in [-0.25, -0.2) is 18.6 Å². The molecule has 4 rings (SSSR count). The second-order valence-electron chi connectivity index (χ2n) is 8.67. The molecule has 0 heterocycles. The van der Waals surface area contributed by atoms with Gasteiger partial charge in [-0.15, -0.1) is 0 Å². The Balaban J connectivity index is 1.27. The van der Waals surface area contributed by atoms with Crippen LogP contribution in [0.25, 0.3) is 0 Å². The summed E-state index contributed by atoms with van der Waals surface area (Å²) in [6.07, 6.45) is 2.33. The van der Waals surface area contributed by atoms with Gasteiger partial charge >= 0.3 is 5.97 Å². The Morgan fingerprint density at radius 2 is 1.44 bits per heavy atom. The van der Waals surface area contributed by atoms with Gasteiger partial charge in [0.15, 0.2) is 0 Å². The van der Waals surface area contributed by atoms with Crippen molar-refractivity contribution in [1.29, 1.82) is 0 Å². The monoisotopic (exact) mass is 591 g/mol. The summed E-state index contributed by atoms with van der Waals surface area (Å²) < 4.78 is 38.4. The van der Waals surface area contributed by atoms with E-state index in [1.807, 2.05) is 6.92 Å². The van der Waals surface area contributed by atoms with E-state index in [0.717, 1.165) is 6.42 Å². The smallest absolute Gasteiger partial charge is 0.343 e. The number of amides is 1. The minimum absolute atomic E-state index is 0.0623. The van der Waals surface area contributed by atoms with Crippen molar-refractivity contribution >= 4 is 45.4 Å². The molecule has 0 spiro atoms. The summed E-state index contributed by atoms with van der Waals surface area (Å²) in [6.45, 7) is 2.62. The van der Waals surface area contributed by atoms with E-state index in [0.29, 0.717) is 39.9 Å². The lowest BCUT2D eigenvalue weighted by Gasteiger charge is -2.09. The van der Waals surface area contributed by atoms with Gasteiger partial charge < -0.3 is 9.47 Å². The van der Waals surface area contributed by atoms with E-state index in [1.165, 1.54) is 54.7 Å². The molecule has 0 radical (unpaired) electrons. The zero-order valence-electron chi connectivity index (χ0n) is 21.9. The maximum atomic E-state index is 12.5. The molecule has 0 saturated heterocycles. The van der Waals surface area contributed by atoms with E-state index in [1.54, 1.807) is 48.5 Å². The van der Waals surface area contributed by atoms with Crippen LogP contribution in [0.4, 0.5) is 5.69 Å². The molecule has 41 heavy (non-hydrogen) atoms. The van der Waals surface area contributed by atoms with Crippen LogP contribution in [-0.4, -0.2) is 33.1 Å². The van der Waals surface area contributed by atoms with Gasteiger partial charge in [0.2, 0.25) is 0 Å². The predicted octanol–water partition coefficient (Wildman–Crippen LogP) is 5.91. The molecule has 0 unspecified atom stereocenters. The standard InChI is InChI=1S/C30H26ClN3O6S/c1-2-19-39-26-15-7-23(8-16-26)30(36)40-27-13-3-21(4-14-27)20-32-33-29(35)22-5-11-25(12-6-22)34-41(37,38)28-17-9-24(31)10-18-28/h3-18,20,34H,2,19H2,1H3,(H,33,35)/b32-20-. The number of nitrogens with zero attached hydrogens (tertiary/aromatic N) is 1. The van der Waals surface area contributed by atoms with Crippen LogP contribution in [0, 0.1) is 0 Å². The highest BCUT2D eigenvalue weighted by atomic mass is 35.5. The fraction of sp³-hybridized carbons (Fsp3) is 0.100. The van der Waals surface area contributed by atoms with Gasteiger partial charge in [-0.05, 0) is 109 Å². The number of hydrogen-bond donors (Lipinski definition) is 2. The summed E-state index contributed by atoms with van der Waals surface area (Å²) in [6, 6.07) is 25.0. The third-order valence-electron chi connectivity index (χ3n) is 5.56. The molecule has 0 aliphatic rings. The Hall–Kier alpha value is -4.67. The number of esters is 1. The minimum atomic E-state index is -3.80. The van der Waals surface area contributed by atoms with Crippen LogP contribution in [0.5, 0.6) is 11.5 Å². The first-order valence-electron chi connectivity index (χ1n) is 12.5. The van der Waals surface area contributed by atoms with Crippen molar-refractivity contribution in [3.8, 4) is 11.5 Å². The van der Waals surface area contributed by atoms with E-state index in [2.05, 4.69) is 15.2 Å². The SMILES string of the molecule is CCCOc1ccc(C(=O)Oc2ccc(/C=N\NC(=O)c3ccc(NS(=O)(=O)c4ccc(Cl)cc4)cc3)cc2)cc1. The first-order valence-corrected chi connectivity index (χ1v) is 14.4. The molecule has 11 heteroatoms. The minimum Gasteiger partial charge on any atom is -0.494 e. The van der Waals surface area contributed by atoms with Crippen LogP contribution in [0.2, 0.25) is 5.02 Å². The summed E-state index contributed by atoms with van der Waals surface area (Å²) in [4.78, 5) is 24.9. The number of nitrogens with one attached hydrogen (secondary N) is 2. The molecule has 0 aliphatic heterocycles. The molecule has 2 N–H and O–H groups in total. The second-order valence-corrected chi connectivity index (χ2v) is 10.8. The molecular weight excluding hydrogens is 566 g/mol. The maximum Gasteiger partial charge on any atom is 0.343 e. The molecule has 9 nitrogen and oxygen atoms in total. The van der Waals surface area contributed by atoms with Gasteiger partial charge in [0.1, 0.15) is 11.5 Å². The molecular formula is C30H26ClN3O6S. The number of benzene rings is 4. The number of hydrazone groups is 1. The summed E-state index contributed by atoms with van der Waals surface area (Å²) in [5, 5.41) is 4.37. The second kappa shape index (κ2) is 13.6. The van der Waals surface area contributed by atoms with Crippen LogP contribution in [-0.2, 0) is 10.0 Å². The molecule has 0 bridgehead atoms. The van der Waals surface area contributed by atoms with Crippen molar-refractivity contribution in [2.75, 3.05) is 11.3 Å². The Kier molecular flexibility index (Phi) is 9.73. The average molecular weight is 592 g/mol. The van der Waals surface area contributed by atoms with E-state index >= 15 is 0 Å². The Labute approximate surface area is 242 Å². The van der Waals surface area contributed by atoms with Gasteiger partial charge in [-0.3, -0.25) is 9.52 Å². The van der Waals surface area contributed by atoms with Crippen LogP contribution in [0.15, 0.2) is 107 Å². The van der Waals surface area contributed by atoms with Crippen LogP contribution in [0.1, 0.15) is 39.6 Å². The lowest BCUT2D eigenvalue weighted by atomic mass is 10.2. The maximum absolute atomic E-state index is 12.5. The highest BCUT2D eigenvalue weighted by molar-refractivity contribution is 7.92. The highest BCUT2D eigenvalue weighted by Gasteiger charge is 2.14. The molecule has 1 amide bonds. The Morgan fingerprint density at radius 1 is 0.829 bits per heavy atom. The fourth-order valence-electron chi connectivity index (χ4n) is 3.44. The van der Waals surface area contributed by atoms with E-state index in [9.17, 15) is 18.0 Å². The lowest BCUT2D eigenvalue weighted by Crippen LogP contribution is -2.18. The number of hydrogen-bond acceptors (Lipinski definition) is 7. The molecule has 210 valence electrons. The van der Waals surface area contributed by atoms with E-state index in [-0.39, 0.29) is 10.5 Å². The number of sulfonamides is 1. The molecule has 0 saturated carbocycles. The van der Waals surface area contributed by atoms with Crippen molar-refractivity contribution in [1.82, 2.24) is 5.43 Å². The van der Waals surface area contributed by atoms with E-state index < -0.39 is 21.9 Å². The fourth-order valence-corrected chi connectivity index (χ4v) is 4.63. The average Bonchev–Trinajstić information content (AvgIpc) is 2.97. The topological polar surface area (TPSA) is 123 Å². The van der Waals surface area contributed by atoms with Crippen molar-refractivity contribution in [2.24, 2.45) is 5.10 Å². The zero-order chi connectivity index (χ0) is 29.2. The van der Waals surface area contributed by atoms with Gasteiger partial charge in [-0.1, -0.05) is 18.5 Å². The van der Waals surface area contributed by atoms with Crippen LogP contribution < -0.4 is 19.6 Å². The molecule has 0 aromatic heterocycles. The third-order valence-corrected chi connectivity index (χ3v) is 7.21. The molecule has 0 aliphatic carbocycles. The highest BCUT2D eigenvalue weighted by Crippen LogP contribution is 2.19. The quantitative estimate of drug-likeness (QED) is 0.0967. The first kappa shape index (κ1) is 29.3. The van der Waals surface area contributed by atoms with Crippen LogP contribution >= 0.6 is 11.6 Å². The van der Waals surface area contributed by atoms with Gasteiger partial charge in [0, 0.05) is 16.3 Å². The van der Waals surface area contributed by atoms with Crippen molar-refractivity contribution in [3.63, 3.8) is 0 Å². The summed E-state index contributed by atoms with van der Waals surface area (Å²) in [7, 11) is -3.80. The number of rotatable bonds is 11. The van der Waals surface area contributed by atoms with Gasteiger partial charge in [-0.2, -0.15) is 5.10 Å². The number of ether oxygens (including phenoxy) is 2. The number of carbonyl (C=O) groups is 2. The lowest BCUT2D eigenvalue weighted by molar-refractivity contribution is 0.0734. The third kappa shape index (κ3) is 8.41. The molecule has 0 atom stereocenters. The summed E-state index contributed by atoms with van der Waals surface area (Å²) in [5.74, 6) is 0.0673.